The lowest BCUT2D eigenvalue weighted by molar-refractivity contribution is -0.128. The van der Waals surface area contributed by atoms with Crippen LogP contribution in [0.25, 0.3) is 10.3 Å². The molecule has 9 nitrogen and oxygen atoms in total. The lowest BCUT2D eigenvalue weighted by Gasteiger charge is -2.34. The first-order chi connectivity index (χ1) is 14.3. The van der Waals surface area contributed by atoms with Gasteiger partial charge in [-0.1, -0.05) is 35.9 Å². The number of anilines is 1. The van der Waals surface area contributed by atoms with Crippen LogP contribution in [0.2, 0.25) is 0 Å². The Balaban J connectivity index is 1.15. The van der Waals surface area contributed by atoms with Crippen LogP contribution in [0.3, 0.4) is 0 Å². The Hall–Kier alpha value is -2.27. The second-order valence-electron chi connectivity index (χ2n) is 7.32. The summed E-state index contributed by atoms with van der Waals surface area (Å²) >= 11 is 3.05. The molecule has 1 aliphatic carbocycles. The molecule has 1 aliphatic heterocycles. The van der Waals surface area contributed by atoms with Gasteiger partial charge in [0.05, 0.1) is 11.8 Å². The van der Waals surface area contributed by atoms with Gasteiger partial charge in [0, 0.05) is 32.4 Å². The third kappa shape index (κ3) is 3.93. The first kappa shape index (κ1) is 18.7. The standard InChI is InChI=1S/C18H22N8OS2/c27-15(12-28-18-21-22-23-26(18)13-4-1-2-5-13)24-8-10-25(11-9-24)17-20-14-6-3-7-19-16(14)29-17/h3,6-7,13H,1-2,4-5,8-12H2. The van der Waals surface area contributed by atoms with Crippen LogP contribution < -0.4 is 4.90 Å². The molecule has 5 rings (SSSR count). The van der Waals surface area contributed by atoms with E-state index in [0.29, 0.717) is 24.9 Å². The molecule has 0 aromatic carbocycles. The van der Waals surface area contributed by atoms with E-state index >= 15 is 0 Å². The Labute approximate surface area is 176 Å². The molecular weight excluding hydrogens is 408 g/mol. The van der Waals surface area contributed by atoms with Gasteiger partial charge in [0.1, 0.15) is 10.3 Å². The molecule has 1 saturated carbocycles. The number of rotatable bonds is 5. The van der Waals surface area contributed by atoms with Crippen LogP contribution in [-0.2, 0) is 4.79 Å². The third-order valence-electron chi connectivity index (χ3n) is 5.52. The Kier molecular flexibility index (Phi) is 5.32. The van der Waals surface area contributed by atoms with Gasteiger partial charge in [-0.05, 0) is 35.4 Å². The molecule has 0 atom stereocenters. The number of pyridine rings is 1. The van der Waals surface area contributed by atoms with Crippen molar-refractivity contribution in [3.8, 4) is 0 Å². The Morgan fingerprint density at radius 3 is 2.83 bits per heavy atom. The quantitative estimate of drug-likeness (QED) is 0.569. The topological polar surface area (TPSA) is 92.9 Å². The van der Waals surface area contributed by atoms with Crippen molar-refractivity contribution < 1.29 is 4.79 Å². The number of tetrazole rings is 1. The minimum absolute atomic E-state index is 0.140. The molecule has 3 aromatic rings. The van der Waals surface area contributed by atoms with Gasteiger partial charge in [-0.3, -0.25) is 4.79 Å². The number of amides is 1. The largest absolute Gasteiger partial charge is 0.344 e. The van der Waals surface area contributed by atoms with E-state index in [4.69, 9.17) is 0 Å². The highest BCUT2D eigenvalue weighted by atomic mass is 32.2. The van der Waals surface area contributed by atoms with Crippen molar-refractivity contribution in [2.45, 2.75) is 36.9 Å². The molecule has 2 fully saturated rings. The van der Waals surface area contributed by atoms with E-state index in [1.807, 2.05) is 21.7 Å². The molecule has 0 bridgehead atoms. The molecule has 29 heavy (non-hydrogen) atoms. The maximum atomic E-state index is 12.7. The summed E-state index contributed by atoms with van der Waals surface area (Å²) in [6, 6.07) is 4.27. The van der Waals surface area contributed by atoms with Crippen molar-refractivity contribution in [1.82, 2.24) is 35.1 Å². The summed E-state index contributed by atoms with van der Waals surface area (Å²) in [5.41, 5.74) is 0.933. The predicted octanol–water partition coefficient (Wildman–Crippen LogP) is 2.23. The fraction of sp³-hybridized carbons (Fsp3) is 0.556. The number of carbonyl (C=O) groups excluding carboxylic acids is 1. The molecule has 0 unspecified atom stereocenters. The molecule has 152 valence electrons. The van der Waals surface area contributed by atoms with Gasteiger partial charge in [-0.2, -0.15) is 0 Å². The highest BCUT2D eigenvalue weighted by Crippen LogP contribution is 2.31. The van der Waals surface area contributed by atoms with Crippen LogP contribution >= 0.6 is 23.1 Å². The fourth-order valence-corrected chi connectivity index (χ4v) is 5.72. The zero-order valence-electron chi connectivity index (χ0n) is 16.0. The van der Waals surface area contributed by atoms with Crippen LogP contribution in [-0.4, -0.2) is 72.9 Å². The molecule has 0 spiro atoms. The molecule has 3 aromatic heterocycles. The third-order valence-corrected chi connectivity index (χ3v) is 7.47. The van der Waals surface area contributed by atoms with Crippen LogP contribution in [0.15, 0.2) is 23.5 Å². The maximum absolute atomic E-state index is 12.7. The lowest BCUT2D eigenvalue weighted by Crippen LogP contribution is -2.49. The molecule has 4 heterocycles. The van der Waals surface area contributed by atoms with E-state index in [2.05, 4.69) is 30.4 Å². The van der Waals surface area contributed by atoms with Crippen LogP contribution in [0.1, 0.15) is 31.7 Å². The van der Waals surface area contributed by atoms with Gasteiger partial charge in [-0.25, -0.2) is 14.6 Å². The van der Waals surface area contributed by atoms with E-state index in [1.54, 1.807) is 17.5 Å². The number of aromatic nitrogens is 6. The summed E-state index contributed by atoms with van der Waals surface area (Å²) in [6.07, 6.45) is 6.48. The molecule has 0 N–H and O–H groups in total. The SMILES string of the molecule is O=C(CSc1nnnn1C1CCCC1)N1CCN(c2nc3cccnc3s2)CC1. The van der Waals surface area contributed by atoms with Gasteiger partial charge in [0.15, 0.2) is 5.13 Å². The summed E-state index contributed by atoms with van der Waals surface area (Å²) in [6.45, 7) is 2.98. The summed E-state index contributed by atoms with van der Waals surface area (Å²) in [5, 5.41) is 13.8. The summed E-state index contributed by atoms with van der Waals surface area (Å²) in [5.74, 6) is 0.514. The van der Waals surface area contributed by atoms with E-state index in [1.165, 1.54) is 24.6 Å². The van der Waals surface area contributed by atoms with Crippen LogP contribution in [0, 0.1) is 0 Å². The highest BCUT2D eigenvalue weighted by Gasteiger charge is 2.25. The molecular formula is C18H22N8OS2. The zero-order chi connectivity index (χ0) is 19.6. The summed E-state index contributed by atoms with van der Waals surface area (Å²) in [4.78, 5) is 26.9. The van der Waals surface area contributed by atoms with Crippen LogP contribution in [0.5, 0.6) is 0 Å². The minimum Gasteiger partial charge on any atom is -0.344 e. The molecule has 1 saturated heterocycles. The number of carbonyl (C=O) groups is 1. The van der Waals surface area contributed by atoms with Crippen molar-refractivity contribution in [2.75, 3.05) is 36.8 Å². The zero-order valence-corrected chi connectivity index (χ0v) is 17.6. The van der Waals surface area contributed by atoms with Gasteiger partial charge in [0.2, 0.25) is 11.1 Å². The number of thioether (sulfide) groups is 1. The van der Waals surface area contributed by atoms with Gasteiger partial charge >= 0.3 is 0 Å². The fourth-order valence-electron chi connectivity index (χ4n) is 3.92. The second-order valence-corrected chi connectivity index (χ2v) is 9.22. The first-order valence-electron chi connectivity index (χ1n) is 9.93. The number of thiazole rings is 1. The molecule has 0 radical (unpaired) electrons. The maximum Gasteiger partial charge on any atom is 0.233 e. The van der Waals surface area contributed by atoms with Gasteiger partial charge in [-0.15, -0.1) is 5.10 Å². The van der Waals surface area contributed by atoms with Crippen molar-refractivity contribution in [3.63, 3.8) is 0 Å². The van der Waals surface area contributed by atoms with Crippen LogP contribution in [0.4, 0.5) is 5.13 Å². The smallest absolute Gasteiger partial charge is 0.233 e. The van der Waals surface area contributed by atoms with Crippen molar-refractivity contribution in [2.24, 2.45) is 0 Å². The van der Waals surface area contributed by atoms with Crippen molar-refractivity contribution in [1.29, 1.82) is 0 Å². The molecule has 1 amide bonds. The van der Waals surface area contributed by atoms with Crippen molar-refractivity contribution >= 4 is 44.5 Å². The number of hydrogen-bond donors (Lipinski definition) is 0. The van der Waals surface area contributed by atoms with Gasteiger partial charge < -0.3 is 9.80 Å². The number of piperazine rings is 1. The minimum atomic E-state index is 0.140. The van der Waals surface area contributed by atoms with E-state index in [-0.39, 0.29) is 5.91 Å². The summed E-state index contributed by atoms with van der Waals surface area (Å²) < 4.78 is 1.91. The number of fused-ring (bicyclic) bond motifs is 1. The Bertz CT molecular complexity index is 958. The van der Waals surface area contributed by atoms with Crippen molar-refractivity contribution in [3.05, 3.63) is 18.3 Å². The van der Waals surface area contributed by atoms with Gasteiger partial charge in [0.25, 0.3) is 0 Å². The monoisotopic (exact) mass is 430 g/mol. The highest BCUT2D eigenvalue weighted by molar-refractivity contribution is 7.99. The predicted molar refractivity (Wildman–Crippen MR) is 112 cm³/mol. The number of nitrogens with zero attached hydrogens (tertiary/aromatic N) is 8. The Morgan fingerprint density at radius 2 is 2.03 bits per heavy atom. The second kappa shape index (κ2) is 8.23. The molecule has 11 heteroatoms. The summed E-state index contributed by atoms with van der Waals surface area (Å²) in [7, 11) is 0. The average molecular weight is 431 g/mol. The average Bonchev–Trinajstić information content (AvgIpc) is 3.52. The molecule has 2 aliphatic rings. The Morgan fingerprint density at radius 1 is 1.21 bits per heavy atom. The van der Waals surface area contributed by atoms with E-state index in [9.17, 15) is 4.79 Å². The first-order valence-corrected chi connectivity index (χ1v) is 11.7. The van der Waals surface area contributed by atoms with E-state index < -0.39 is 0 Å². The van der Waals surface area contributed by atoms with E-state index in [0.717, 1.165) is 46.6 Å². The number of hydrogen-bond acceptors (Lipinski definition) is 9. The lowest BCUT2D eigenvalue weighted by atomic mass is 10.3. The normalized spacial score (nSPS) is 18.1.